The van der Waals surface area contributed by atoms with Gasteiger partial charge in [0.2, 0.25) is 5.13 Å². The van der Waals surface area contributed by atoms with Crippen molar-refractivity contribution in [3.63, 3.8) is 0 Å². The Hall–Kier alpha value is -2.12. The van der Waals surface area contributed by atoms with Crippen molar-refractivity contribution in [3.8, 4) is 10.6 Å². The van der Waals surface area contributed by atoms with Gasteiger partial charge in [0, 0.05) is 35.9 Å². The molecule has 29 heavy (non-hydrogen) atoms. The van der Waals surface area contributed by atoms with Crippen molar-refractivity contribution in [1.29, 1.82) is 0 Å². The summed E-state index contributed by atoms with van der Waals surface area (Å²) in [6.45, 7) is 14.2. The van der Waals surface area contributed by atoms with Crippen LogP contribution in [0.25, 0.3) is 16.1 Å². The highest BCUT2D eigenvalue weighted by molar-refractivity contribution is 7.18. The topological polar surface area (TPSA) is 53.4 Å². The lowest BCUT2D eigenvalue weighted by Crippen LogP contribution is -2.61. The smallest absolute Gasteiger partial charge is 0.208 e. The largest absolute Gasteiger partial charge is 0.347 e. The lowest BCUT2D eigenvalue weighted by atomic mass is 9.79. The van der Waals surface area contributed by atoms with Gasteiger partial charge in [-0.3, -0.25) is 4.99 Å². The minimum atomic E-state index is -0.311. The van der Waals surface area contributed by atoms with Gasteiger partial charge in [-0.25, -0.2) is 4.39 Å². The van der Waals surface area contributed by atoms with Gasteiger partial charge in [-0.1, -0.05) is 17.4 Å². The van der Waals surface area contributed by atoms with Crippen LogP contribution in [-0.4, -0.2) is 41.1 Å². The van der Waals surface area contributed by atoms with E-state index in [4.69, 9.17) is 0 Å². The van der Waals surface area contributed by atoms with Gasteiger partial charge in [-0.2, -0.15) is 0 Å². The predicted molar refractivity (Wildman–Crippen MR) is 121 cm³/mol. The second kappa shape index (κ2) is 7.95. The molecule has 1 saturated heterocycles. The molecule has 7 heteroatoms. The molecule has 3 rings (SSSR count). The van der Waals surface area contributed by atoms with Crippen molar-refractivity contribution in [2.45, 2.75) is 64.6 Å². The molecule has 0 bridgehead atoms. The summed E-state index contributed by atoms with van der Waals surface area (Å²) in [5.41, 5.74) is 2.19. The quantitative estimate of drug-likeness (QED) is 0.686. The van der Waals surface area contributed by atoms with Crippen LogP contribution >= 0.6 is 11.3 Å². The number of anilines is 1. The monoisotopic (exact) mass is 415 g/mol. The van der Waals surface area contributed by atoms with Gasteiger partial charge in [0.05, 0.1) is 0 Å². The van der Waals surface area contributed by atoms with Crippen LogP contribution in [0.5, 0.6) is 0 Å². The lowest BCUT2D eigenvalue weighted by molar-refractivity contribution is 0.161. The average molecular weight is 416 g/mol. The van der Waals surface area contributed by atoms with Crippen LogP contribution in [0.4, 0.5) is 9.52 Å². The summed E-state index contributed by atoms with van der Waals surface area (Å²) in [4.78, 5) is 5.94. The predicted octanol–water partition coefficient (Wildman–Crippen LogP) is 5.15. The van der Waals surface area contributed by atoms with Crippen molar-refractivity contribution in [2.24, 2.45) is 4.99 Å². The molecular formula is C22H30FN5S. The fraction of sp³-hybridized carbons (Fsp3) is 0.500. The molecule has 1 N–H and O–H groups in total. The zero-order chi connectivity index (χ0) is 21.4. The van der Waals surface area contributed by atoms with Gasteiger partial charge >= 0.3 is 0 Å². The van der Waals surface area contributed by atoms with Crippen molar-refractivity contribution in [2.75, 3.05) is 11.9 Å². The van der Waals surface area contributed by atoms with E-state index in [-0.39, 0.29) is 16.9 Å². The summed E-state index contributed by atoms with van der Waals surface area (Å²) in [7, 11) is 2.06. The van der Waals surface area contributed by atoms with E-state index >= 15 is 0 Å². The van der Waals surface area contributed by atoms with Crippen LogP contribution in [0.15, 0.2) is 29.4 Å². The molecule has 2 heterocycles. The number of halogens is 1. The van der Waals surface area contributed by atoms with Gasteiger partial charge in [0.1, 0.15) is 5.82 Å². The summed E-state index contributed by atoms with van der Waals surface area (Å²) in [5.74, 6) is -0.311. The number of aromatic nitrogens is 2. The van der Waals surface area contributed by atoms with Crippen LogP contribution < -0.4 is 10.2 Å². The maximum atomic E-state index is 14.7. The number of allylic oxidation sites excluding steroid dienone is 1. The number of hydrogen-bond acceptors (Lipinski definition) is 6. The number of piperidine rings is 1. The lowest BCUT2D eigenvalue weighted by Gasteiger charge is -2.48. The Kier molecular flexibility index (Phi) is 5.92. The number of benzene rings is 1. The van der Waals surface area contributed by atoms with Gasteiger partial charge < -0.3 is 10.2 Å². The molecule has 1 aliphatic rings. The van der Waals surface area contributed by atoms with Gasteiger partial charge in [0.15, 0.2) is 5.01 Å². The number of nitrogens with zero attached hydrogens (tertiary/aromatic N) is 4. The Labute approximate surface area is 176 Å². The summed E-state index contributed by atoms with van der Waals surface area (Å²) >= 11 is 1.43. The minimum Gasteiger partial charge on any atom is -0.347 e. The zero-order valence-electron chi connectivity index (χ0n) is 18.1. The maximum Gasteiger partial charge on any atom is 0.208 e. The van der Waals surface area contributed by atoms with Crippen molar-refractivity contribution < 1.29 is 4.39 Å². The average Bonchev–Trinajstić information content (AvgIpc) is 3.08. The molecule has 0 amide bonds. The molecule has 1 aromatic heterocycles. The van der Waals surface area contributed by atoms with E-state index in [0.717, 1.165) is 29.1 Å². The molecule has 1 aromatic carbocycles. The van der Waals surface area contributed by atoms with Crippen LogP contribution in [-0.2, 0) is 0 Å². The van der Waals surface area contributed by atoms with Gasteiger partial charge in [-0.05, 0) is 77.4 Å². The third-order valence-corrected chi connectivity index (χ3v) is 6.42. The molecule has 1 aliphatic heterocycles. The number of rotatable bonds is 5. The Morgan fingerprint density at radius 1 is 1.28 bits per heavy atom. The fourth-order valence-corrected chi connectivity index (χ4v) is 5.22. The van der Waals surface area contributed by atoms with Crippen LogP contribution in [0.2, 0.25) is 0 Å². The molecule has 0 atom stereocenters. The van der Waals surface area contributed by atoms with Gasteiger partial charge in [0.25, 0.3) is 0 Å². The molecule has 0 radical (unpaired) electrons. The van der Waals surface area contributed by atoms with E-state index < -0.39 is 0 Å². The van der Waals surface area contributed by atoms with E-state index in [1.165, 1.54) is 17.4 Å². The molecule has 0 aliphatic carbocycles. The SMILES string of the molecule is C=N/C=C(\C)c1ccc(-c2nnc(N(C)C3CC(C)(C)NC(C)(C)C3)s2)c(F)c1. The number of aliphatic imine (C=N–C) groups is 1. The number of hydrogen-bond donors (Lipinski definition) is 1. The first-order valence-electron chi connectivity index (χ1n) is 9.80. The molecular weight excluding hydrogens is 385 g/mol. The first-order chi connectivity index (χ1) is 13.5. The molecule has 0 spiro atoms. The highest BCUT2D eigenvalue weighted by atomic mass is 32.1. The Bertz CT molecular complexity index is 915. The van der Waals surface area contributed by atoms with E-state index in [2.05, 4.69) is 66.9 Å². The Balaban J connectivity index is 1.84. The second-order valence-electron chi connectivity index (χ2n) is 9.14. The minimum absolute atomic E-state index is 0.0435. The highest BCUT2D eigenvalue weighted by Gasteiger charge is 2.39. The molecule has 156 valence electrons. The third kappa shape index (κ3) is 4.90. The molecule has 0 unspecified atom stereocenters. The van der Waals surface area contributed by atoms with E-state index in [1.807, 2.05) is 13.0 Å². The van der Waals surface area contributed by atoms with Crippen LogP contribution in [0.1, 0.15) is 53.0 Å². The first kappa shape index (κ1) is 21.6. The highest BCUT2D eigenvalue weighted by Crippen LogP contribution is 2.36. The summed E-state index contributed by atoms with van der Waals surface area (Å²) in [6, 6.07) is 5.48. The van der Waals surface area contributed by atoms with Crippen molar-refractivity contribution in [3.05, 3.63) is 35.8 Å². The third-order valence-electron chi connectivity index (χ3n) is 5.37. The van der Waals surface area contributed by atoms with Crippen LogP contribution in [0, 0.1) is 5.82 Å². The summed E-state index contributed by atoms with van der Waals surface area (Å²) in [5, 5.41) is 13.7. The standard InChI is InChI=1S/C22H30FN5S/c1-14(13-24-6)15-8-9-17(18(23)10-15)19-25-26-20(29-19)28(7)16-11-21(2,3)27-22(4,5)12-16/h8-10,13,16,27H,6,11-12H2,1-5,7H3/b14-13+. The Morgan fingerprint density at radius 2 is 1.93 bits per heavy atom. The molecule has 2 aromatic rings. The van der Waals surface area contributed by atoms with Gasteiger partial charge in [-0.15, -0.1) is 10.2 Å². The normalized spacial score (nSPS) is 19.2. The molecule has 0 saturated carbocycles. The maximum absolute atomic E-state index is 14.7. The first-order valence-corrected chi connectivity index (χ1v) is 10.6. The molecule has 1 fully saturated rings. The zero-order valence-corrected chi connectivity index (χ0v) is 18.9. The van der Waals surface area contributed by atoms with E-state index in [0.29, 0.717) is 16.6 Å². The van der Waals surface area contributed by atoms with Crippen LogP contribution in [0.3, 0.4) is 0 Å². The Morgan fingerprint density at radius 3 is 2.52 bits per heavy atom. The summed E-state index contributed by atoms with van der Waals surface area (Å²) < 4.78 is 14.7. The van der Waals surface area contributed by atoms with E-state index in [9.17, 15) is 4.39 Å². The fourth-order valence-electron chi connectivity index (χ4n) is 4.31. The van der Waals surface area contributed by atoms with E-state index in [1.54, 1.807) is 12.3 Å². The molecule has 5 nitrogen and oxygen atoms in total. The number of nitrogens with one attached hydrogen (secondary N) is 1. The summed E-state index contributed by atoms with van der Waals surface area (Å²) in [6.07, 6.45) is 3.64. The second-order valence-corrected chi connectivity index (χ2v) is 10.1. The van der Waals surface area contributed by atoms with Crippen molar-refractivity contribution >= 4 is 28.8 Å². The van der Waals surface area contributed by atoms with Crippen molar-refractivity contribution in [1.82, 2.24) is 15.5 Å².